The maximum absolute atomic E-state index is 13.8. The van der Waals surface area contributed by atoms with Gasteiger partial charge in [-0.2, -0.15) is 0 Å². The Bertz CT molecular complexity index is 789. The maximum Gasteiger partial charge on any atom is 0.228 e. The largest absolute Gasteiger partial charge is 0.325 e. The summed E-state index contributed by atoms with van der Waals surface area (Å²) in [5.74, 6) is -1.42. The van der Waals surface area contributed by atoms with Gasteiger partial charge in [-0.15, -0.1) is 0 Å². The number of rotatable bonds is 2. The number of hydrogen-bond donors (Lipinski definition) is 1. The molecule has 0 saturated carbocycles. The van der Waals surface area contributed by atoms with Crippen molar-refractivity contribution in [2.75, 3.05) is 5.32 Å². The Morgan fingerprint density at radius 1 is 1.14 bits per heavy atom. The molecule has 1 aliphatic rings. The fourth-order valence-corrected chi connectivity index (χ4v) is 2.65. The molecule has 6 heteroatoms. The predicted molar refractivity (Wildman–Crippen MR) is 78.6 cm³/mol. The van der Waals surface area contributed by atoms with Crippen molar-refractivity contribution in [2.24, 2.45) is 0 Å². The SMILES string of the molecule is O=C1Cc2cc(C(=O)c3ccc(Cl)cc3F)c(Cl)cc2N1. The summed E-state index contributed by atoms with van der Waals surface area (Å²) in [6, 6.07) is 6.84. The molecule has 3 rings (SSSR count). The van der Waals surface area contributed by atoms with Gasteiger partial charge in [-0.3, -0.25) is 9.59 Å². The maximum atomic E-state index is 13.8. The Hall–Kier alpha value is -1.91. The summed E-state index contributed by atoms with van der Waals surface area (Å²) in [6.45, 7) is 0. The van der Waals surface area contributed by atoms with Crippen LogP contribution in [0.25, 0.3) is 0 Å². The molecule has 0 saturated heterocycles. The number of anilines is 1. The van der Waals surface area contributed by atoms with Crippen LogP contribution in [0.1, 0.15) is 21.5 Å². The van der Waals surface area contributed by atoms with E-state index in [0.717, 1.165) is 6.07 Å². The van der Waals surface area contributed by atoms with Crippen molar-refractivity contribution in [1.29, 1.82) is 0 Å². The van der Waals surface area contributed by atoms with Gasteiger partial charge < -0.3 is 5.32 Å². The number of carbonyl (C=O) groups excluding carboxylic acids is 2. The van der Waals surface area contributed by atoms with Crippen LogP contribution in [0, 0.1) is 5.82 Å². The van der Waals surface area contributed by atoms with E-state index in [1.54, 1.807) is 0 Å². The normalized spacial score (nSPS) is 13.0. The smallest absolute Gasteiger partial charge is 0.228 e. The van der Waals surface area contributed by atoms with Gasteiger partial charge in [-0.25, -0.2) is 4.39 Å². The molecule has 2 aromatic rings. The molecule has 0 aliphatic carbocycles. The summed E-state index contributed by atoms with van der Waals surface area (Å²) in [4.78, 5) is 23.7. The van der Waals surface area contributed by atoms with Crippen molar-refractivity contribution < 1.29 is 14.0 Å². The molecule has 0 spiro atoms. The minimum Gasteiger partial charge on any atom is -0.325 e. The Labute approximate surface area is 129 Å². The third kappa shape index (κ3) is 2.52. The molecule has 0 atom stereocenters. The van der Waals surface area contributed by atoms with Crippen LogP contribution in [-0.4, -0.2) is 11.7 Å². The van der Waals surface area contributed by atoms with Crippen LogP contribution in [0.3, 0.4) is 0 Å². The van der Waals surface area contributed by atoms with Gasteiger partial charge >= 0.3 is 0 Å². The fourth-order valence-electron chi connectivity index (χ4n) is 2.24. The Morgan fingerprint density at radius 2 is 1.90 bits per heavy atom. The number of fused-ring (bicyclic) bond motifs is 1. The number of benzene rings is 2. The number of nitrogens with one attached hydrogen (secondary N) is 1. The van der Waals surface area contributed by atoms with Gasteiger partial charge in [-0.1, -0.05) is 23.2 Å². The van der Waals surface area contributed by atoms with Crippen LogP contribution in [-0.2, 0) is 11.2 Å². The number of amides is 1. The highest BCUT2D eigenvalue weighted by atomic mass is 35.5. The van der Waals surface area contributed by atoms with Crippen molar-refractivity contribution in [3.05, 3.63) is 62.9 Å². The Balaban J connectivity index is 2.06. The van der Waals surface area contributed by atoms with E-state index >= 15 is 0 Å². The molecule has 1 amide bonds. The molecular formula is C15H8Cl2FNO2. The van der Waals surface area contributed by atoms with Crippen LogP contribution in [0.5, 0.6) is 0 Å². The minimum atomic E-state index is -0.710. The lowest BCUT2D eigenvalue weighted by Gasteiger charge is -2.08. The second kappa shape index (κ2) is 5.13. The Morgan fingerprint density at radius 3 is 2.62 bits per heavy atom. The topological polar surface area (TPSA) is 46.2 Å². The first-order chi connectivity index (χ1) is 9.95. The predicted octanol–water partition coefficient (Wildman–Crippen LogP) is 3.86. The van der Waals surface area contributed by atoms with Gasteiger partial charge in [0.25, 0.3) is 0 Å². The van der Waals surface area contributed by atoms with E-state index in [9.17, 15) is 14.0 Å². The average Bonchev–Trinajstić information content (AvgIpc) is 2.76. The molecule has 3 nitrogen and oxygen atoms in total. The zero-order valence-corrected chi connectivity index (χ0v) is 12.1. The van der Waals surface area contributed by atoms with Gasteiger partial charge in [0, 0.05) is 16.3 Å². The highest BCUT2D eigenvalue weighted by molar-refractivity contribution is 6.35. The second-order valence-electron chi connectivity index (χ2n) is 4.67. The van der Waals surface area contributed by atoms with E-state index in [0.29, 0.717) is 11.3 Å². The molecule has 0 fully saturated rings. The van der Waals surface area contributed by atoms with Crippen molar-refractivity contribution in [1.82, 2.24) is 0 Å². The van der Waals surface area contributed by atoms with E-state index < -0.39 is 11.6 Å². The van der Waals surface area contributed by atoms with E-state index in [1.165, 1.54) is 24.3 Å². The van der Waals surface area contributed by atoms with Crippen LogP contribution in [0.2, 0.25) is 10.0 Å². The third-order valence-corrected chi connectivity index (χ3v) is 3.79. The molecule has 21 heavy (non-hydrogen) atoms. The fraction of sp³-hybridized carbons (Fsp3) is 0.0667. The van der Waals surface area contributed by atoms with Gasteiger partial charge in [-0.05, 0) is 35.9 Å². The minimum absolute atomic E-state index is 0.112. The summed E-state index contributed by atoms with van der Waals surface area (Å²) in [7, 11) is 0. The van der Waals surface area contributed by atoms with E-state index in [4.69, 9.17) is 23.2 Å². The van der Waals surface area contributed by atoms with Crippen LogP contribution in [0.15, 0.2) is 30.3 Å². The van der Waals surface area contributed by atoms with Crippen LogP contribution < -0.4 is 5.32 Å². The van der Waals surface area contributed by atoms with Crippen molar-refractivity contribution in [3.63, 3.8) is 0 Å². The molecule has 0 unspecified atom stereocenters. The molecule has 1 heterocycles. The first-order valence-electron chi connectivity index (χ1n) is 6.08. The summed E-state index contributed by atoms with van der Waals surface area (Å²) in [5, 5.41) is 3.01. The first kappa shape index (κ1) is 14.0. The molecule has 1 aliphatic heterocycles. The zero-order valence-electron chi connectivity index (χ0n) is 10.5. The number of carbonyl (C=O) groups is 2. The van der Waals surface area contributed by atoms with Crippen LogP contribution in [0.4, 0.5) is 10.1 Å². The van der Waals surface area contributed by atoms with Crippen LogP contribution >= 0.6 is 23.2 Å². The summed E-state index contributed by atoms with van der Waals surface area (Å²) >= 11 is 11.7. The lowest BCUT2D eigenvalue weighted by atomic mass is 9.99. The Kier molecular flexibility index (Phi) is 3.43. The monoisotopic (exact) mass is 323 g/mol. The number of halogens is 3. The van der Waals surface area contributed by atoms with Gasteiger partial charge in [0.15, 0.2) is 5.78 Å². The van der Waals surface area contributed by atoms with E-state index in [1.807, 2.05) is 0 Å². The molecule has 0 radical (unpaired) electrons. The lowest BCUT2D eigenvalue weighted by Crippen LogP contribution is -2.05. The molecule has 2 aromatic carbocycles. The average molecular weight is 324 g/mol. The quantitative estimate of drug-likeness (QED) is 0.853. The number of hydrogen-bond acceptors (Lipinski definition) is 2. The molecular weight excluding hydrogens is 316 g/mol. The summed E-state index contributed by atoms with van der Waals surface area (Å²) < 4.78 is 13.8. The first-order valence-corrected chi connectivity index (χ1v) is 6.83. The van der Waals surface area contributed by atoms with Gasteiger partial charge in [0.05, 0.1) is 17.0 Å². The molecule has 0 aromatic heterocycles. The standard InChI is InChI=1S/C15H8Cl2FNO2/c16-8-1-2-9(12(18)5-8)15(21)10-3-7-4-14(20)19-13(7)6-11(10)17/h1-3,5-6H,4H2,(H,19,20). The third-order valence-electron chi connectivity index (χ3n) is 3.24. The molecule has 1 N–H and O–H groups in total. The second-order valence-corrected chi connectivity index (χ2v) is 5.51. The zero-order chi connectivity index (χ0) is 15.1. The van der Waals surface area contributed by atoms with E-state index in [-0.39, 0.29) is 33.5 Å². The van der Waals surface area contributed by atoms with Crippen molar-refractivity contribution in [3.8, 4) is 0 Å². The summed E-state index contributed by atoms with van der Waals surface area (Å²) in [5.41, 5.74) is 1.30. The highest BCUT2D eigenvalue weighted by Crippen LogP contribution is 2.31. The lowest BCUT2D eigenvalue weighted by molar-refractivity contribution is -0.115. The highest BCUT2D eigenvalue weighted by Gasteiger charge is 2.23. The molecule has 106 valence electrons. The number of ketones is 1. The van der Waals surface area contributed by atoms with E-state index in [2.05, 4.69) is 5.32 Å². The summed E-state index contributed by atoms with van der Waals surface area (Å²) in [6.07, 6.45) is 0.176. The van der Waals surface area contributed by atoms with Crippen molar-refractivity contribution in [2.45, 2.75) is 6.42 Å². The molecule has 0 bridgehead atoms. The van der Waals surface area contributed by atoms with Crippen molar-refractivity contribution >= 4 is 40.6 Å². The van der Waals surface area contributed by atoms with Gasteiger partial charge in [0.2, 0.25) is 5.91 Å². The van der Waals surface area contributed by atoms with Gasteiger partial charge in [0.1, 0.15) is 5.82 Å².